The van der Waals surface area contributed by atoms with Gasteiger partial charge in [-0.3, -0.25) is 0 Å². The van der Waals surface area contributed by atoms with Gasteiger partial charge in [-0.05, 0) is 98.4 Å². The molecule has 2 nitrogen and oxygen atoms in total. The number of hydrogen-bond donors (Lipinski definition) is 0. The molecule has 8 aromatic carbocycles. The van der Waals surface area contributed by atoms with Gasteiger partial charge in [0.15, 0.2) is 0 Å². The summed E-state index contributed by atoms with van der Waals surface area (Å²) in [7, 11) is 4.20. The van der Waals surface area contributed by atoms with Gasteiger partial charge < -0.3 is 9.80 Å². The van der Waals surface area contributed by atoms with Crippen molar-refractivity contribution in [3.8, 4) is 22.3 Å². The highest BCUT2D eigenvalue weighted by molar-refractivity contribution is 5.96. The second-order valence-corrected chi connectivity index (χ2v) is 12.0. The number of para-hydroxylation sites is 2. The maximum atomic E-state index is 2.26. The van der Waals surface area contributed by atoms with E-state index in [2.05, 4.69) is 206 Å². The molecule has 0 aromatic heterocycles. The minimum Gasteiger partial charge on any atom is -0.345 e. The molecule has 0 aliphatic rings. The Bertz CT molecular complexity index is 2230. The molecule has 0 unspecified atom stereocenters. The highest BCUT2D eigenvalue weighted by Crippen LogP contribution is 2.32. The summed E-state index contributed by atoms with van der Waals surface area (Å²) in [6.45, 7) is 0. The van der Waals surface area contributed by atoms with Gasteiger partial charge in [-0.25, -0.2) is 0 Å². The molecule has 2 heteroatoms. The smallest absolute Gasteiger partial charge is 0.0408 e. The lowest BCUT2D eigenvalue weighted by Crippen LogP contribution is -2.08. The first-order valence-corrected chi connectivity index (χ1v) is 16.4. The fourth-order valence-corrected chi connectivity index (χ4v) is 6.19. The van der Waals surface area contributed by atoms with Crippen LogP contribution in [-0.4, -0.2) is 14.1 Å². The van der Waals surface area contributed by atoms with E-state index >= 15 is 0 Å². The van der Waals surface area contributed by atoms with Gasteiger partial charge >= 0.3 is 0 Å². The molecule has 0 heterocycles. The normalized spacial score (nSPS) is 10.7. The largest absolute Gasteiger partial charge is 0.345 e. The standard InChI is InChI=1S/2C23H19N/c1-24(20-10-3-2-4-11-20)21-16-14-19(15-17-21)23-13-7-9-18-8-5-6-12-22(18)23;1-24(22-9-3-2-4-10-22)23-15-13-19(14-16-23)21-12-11-18-7-5-6-8-20(18)17-21/h2*2-17H,1H3. The summed E-state index contributed by atoms with van der Waals surface area (Å²) in [6, 6.07) is 68.5. The van der Waals surface area contributed by atoms with Gasteiger partial charge in [0.05, 0.1) is 0 Å². The number of anilines is 4. The van der Waals surface area contributed by atoms with Crippen molar-refractivity contribution in [3.05, 3.63) is 194 Å². The Balaban J connectivity index is 0.000000152. The van der Waals surface area contributed by atoms with Crippen LogP contribution in [-0.2, 0) is 0 Å². The second-order valence-electron chi connectivity index (χ2n) is 12.0. The minimum atomic E-state index is 1.19. The van der Waals surface area contributed by atoms with E-state index in [1.807, 2.05) is 12.1 Å². The van der Waals surface area contributed by atoms with E-state index in [0.717, 1.165) is 0 Å². The van der Waals surface area contributed by atoms with Crippen LogP contribution in [0.25, 0.3) is 43.8 Å². The molecule has 8 aromatic rings. The van der Waals surface area contributed by atoms with Crippen LogP contribution >= 0.6 is 0 Å². The SMILES string of the molecule is CN(c1ccccc1)c1ccc(-c2ccc3ccccc3c2)cc1.CN(c1ccccc1)c1ccc(-c2cccc3ccccc23)cc1. The number of benzene rings is 8. The molecule has 48 heavy (non-hydrogen) atoms. The average molecular weight is 619 g/mol. The van der Waals surface area contributed by atoms with Crippen LogP contribution in [0.5, 0.6) is 0 Å². The van der Waals surface area contributed by atoms with E-state index in [1.54, 1.807) is 0 Å². The predicted molar refractivity (Wildman–Crippen MR) is 208 cm³/mol. The van der Waals surface area contributed by atoms with E-state index in [-0.39, 0.29) is 0 Å². The van der Waals surface area contributed by atoms with Crippen molar-refractivity contribution in [3.63, 3.8) is 0 Å². The van der Waals surface area contributed by atoms with Gasteiger partial charge in [-0.15, -0.1) is 0 Å². The summed E-state index contributed by atoms with van der Waals surface area (Å²) >= 11 is 0. The van der Waals surface area contributed by atoms with E-state index in [4.69, 9.17) is 0 Å². The van der Waals surface area contributed by atoms with Gasteiger partial charge in [0.25, 0.3) is 0 Å². The lowest BCUT2D eigenvalue weighted by Gasteiger charge is -2.20. The molecule has 0 aliphatic carbocycles. The lowest BCUT2D eigenvalue weighted by atomic mass is 9.98. The zero-order valence-electron chi connectivity index (χ0n) is 27.4. The van der Waals surface area contributed by atoms with Crippen molar-refractivity contribution in [2.24, 2.45) is 0 Å². The topological polar surface area (TPSA) is 6.48 Å². The monoisotopic (exact) mass is 618 g/mol. The first kappa shape index (κ1) is 30.5. The van der Waals surface area contributed by atoms with Gasteiger partial charge in [-0.1, -0.05) is 140 Å². The molecule has 0 fully saturated rings. The Hall–Kier alpha value is -6.12. The second kappa shape index (κ2) is 14.1. The van der Waals surface area contributed by atoms with Crippen LogP contribution < -0.4 is 9.80 Å². The Kier molecular flexibility index (Phi) is 8.97. The maximum Gasteiger partial charge on any atom is 0.0408 e. The summed E-state index contributed by atoms with van der Waals surface area (Å²) in [5.41, 5.74) is 9.77. The number of rotatable bonds is 6. The molecule has 0 radical (unpaired) electrons. The summed E-state index contributed by atoms with van der Waals surface area (Å²) in [5, 5.41) is 5.13. The van der Waals surface area contributed by atoms with E-state index in [9.17, 15) is 0 Å². The summed E-state index contributed by atoms with van der Waals surface area (Å²) in [6.07, 6.45) is 0. The first-order chi connectivity index (χ1) is 23.6. The van der Waals surface area contributed by atoms with E-state index < -0.39 is 0 Å². The third-order valence-corrected chi connectivity index (χ3v) is 8.98. The van der Waals surface area contributed by atoms with Crippen LogP contribution in [0.3, 0.4) is 0 Å². The van der Waals surface area contributed by atoms with Crippen molar-refractivity contribution >= 4 is 44.3 Å². The lowest BCUT2D eigenvalue weighted by molar-refractivity contribution is 1.21. The molecular weight excluding hydrogens is 581 g/mol. The first-order valence-electron chi connectivity index (χ1n) is 16.4. The zero-order chi connectivity index (χ0) is 32.7. The molecule has 8 rings (SSSR count). The fourth-order valence-electron chi connectivity index (χ4n) is 6.19. The Morgan fingerprint density at radius 2 is 0.729 bits per heavy atom. The predicted octanol–water partition coefficient (Wildman–Crippen LogP) is 12.5. The molecule has 0 saturated carbocycles. The molecule has 0 atom stereocenters. The Labute approximate surface area is 283 Å². The van der Waals surface area contributed by atoms with Crippen LogP contribution in [0.15, 0.2) is 194 Å². The minimum absolute atomic E-state index is 1.19. The Morgan fingerprint density at radius 1 is 0.292 bits per heavy atom. The molecular formula is C46H38N2. The van der Waals surface area contributed by atoms with Crippen LogP contribution in [0.1, 0.15) is 0 Å². The molecule has 0 bridgehead atoms. The molecule has 0 N–H and O–H groups in total. The third-order valence-electron chi connectivity index (χ3n) is 8.98. The summed E-state index contributed by atoms with van der Waals surface area (Å²) in [5.74, 6) is 0. The molecule has 0 saturated heterocycles. The van der Waals surface area contributed by atoms with Gasteiger partial charge in [0.1, 0.15) is 0 Å². The maximum absolute atomic E-state index is 2.26. The molecule has 232 valence electrons. The molecule has 0 spiro atoms. The average Bonchev–Trinajstić information content (AvgIpc) is 3.18. The van der Waals surface area contributed by atoms with Crippen molar-refractivity contribution in [1.29, 1.82) is 0 Å². The van der Waals surface area contributed by atoms with Gasteiger partial charge in [-0.2, -0.15) is 0 Å². The van der Waals surface area contributed by atoms with Gasteiger partial charge in [0, 0.05) is 36.8 Å². The third kappa shape index (κ3) is 6.70. The van der Waals surface area contributed by atoms with Crippen LogP contribution in [0.2, 0.25) is 0 Å². The summed E-state index contributed by atoms with van der Waals surface area (Å²) < 4.78 is 0. The highest BCUT2D eigenvalue weighted by atomic mass is 15.1. The quantitative estimate of drug-likeness (QED) is 0.183. The number of hydrogen-bond acceptors (Lipinski definition) is 2. The summed E-state index contributed by atoms with van der Waals surface area (Å²) in [4.78, 5) is 4.40. The van der Waals surface area contributed by atoms with Crippen molar-refractivity contribution in [2.45, 2.75) is 0 Å². The Morgan fingerprint density at radius 3 is 1.33 bits per heavy atom. The molecule has 0 amide bonds. The van der Waals surface area contributed by atoms with Crippen LogP contribution in [0.4, 0.5) is 22.7 Å². The van der Waals surface area contributed by atoms with Gasteiger partial charge in [0.2, 0.25) is 0 Å². The van der Waals surface area contributed by atoms with E-state index in [0.29, 0.717) is 0 Å². The zero-order valence-corrected chi connectivity index (χ0v) is 27.4. The van der Waals surface area contributed by atoms with Crippen molar-refractivity contribution in [1.82, 2.24) is 0 Å². The fraction of sp³-hybridized carbons (Fsp3) is 0.0435. The van der Waals surface area contributed by atoms with Crippen molar-refractivity contribution in [2.75, 3.05) is 23.9 Å². The number of fused-ring (bicyclic) bond motifs is 2. The molecule has 0 aliphatic heterocycles. The van der Waals surface area contributed by atoms with E-state index in [1.165, 1.54) is 66.5 Å². The number of nitrogens with zero attached hydrogens (tertiary/aromatic N) is 2. The van der Waals surface area contributed by atoms with Crippen LogP contribution in [0, 0.1) is 0 Å². The highest BCUT2D eigenvalue weighted by Gasteiger charge is 2.07. The van der Waals surface area contributed by atoms with Crippen molar-refractivity contribution < 1.29 is 0 Å².